The number of esters is 2. The number of hydrogen-bond donors (Lipinski definition) is 2. The van der Waals surface area contributed by atoms with Crippen LogP contribution in [0.15, 0.2) is 73.8 Å². The van der Waals surface area contributed by atoms with Crippen molar-refractivity contribution >= 4 is 29.6 Å². The second kappa shape index (κ2) is 15.4. The molecule has 2 aromatic carbocycles. The minimum absolute atomic E-state index is 0.0411. The van der Waals surface area contributed by atoms with E-state index in [-0.39, 0.29) is 32.7 Å². The summed E-state index contributed by atoms with van der Waals surface area (Å²) in [6.45, 7) is 6.75. The maximum absolute atomic E-state index is 12.6. The van der Waals surface area contributed by atoms with E-state index in [0.717, 1.165) is 0 Å². The van der Waals surface area contributed by atoms with Crippen LogP contribution in [0.5, 0.6) is 5.75 Å². The molecule has 37 heavy (non-hydrogen) atoms. The topological polar surface area (TPSA) is 129 Å². The fraction of sp³-hybridized carbons (Fsp3) is 0.259. The molecule has 0 unspecified atom stereocenters. The lowest BCUT2D eigenvalue weighted by atomic mass is 10.1. The summed E-state index contributed by atoms with van der Waals surface area (Å²) in [5.74, 6) is -1.06. The number of nitrogens with one attached hydrogen (secondary N) is 2. The number of carbonyl (C=O) groups is 4. The molecular weight excluding hydrogens is 480 g/mol. The highest BCUT2D eigenvalue weighted by molar-refractivity contribution is 5.92. The van der Waals surface area contributed by atoms with Gasteiger partial charge in [-0.3, -0.25) is 4.79 Å². The van der Waals surface area contributed by atoms with Gasteiger partial charge in [0.1, 0.15) is 31.6 Å². The summed E-state index contributed by atoms with van der Waals surface area (Å²) in [5, 5.41) is 5.13. The zero-order valence-electron chi connectivity index (χ0n) is 20.6. The Hall–Kier alpha value is -4.60. The monoisotopic (exact) mass is 510 g/mol. The van der Waals surface area contributed by atoms with E-state index in [1.807, 2.05) is 0 Å². The third kappa shape index (κ3) is 9.88. The third-order valence-corrected chi connectivity index (χ3v) is 4.89. The van der Waals surface area contributed by atoms with Crippen molar-refractivity contribution in [2.75, 3.05) is 25.6 Å². The van der Waals surface area contributed by atoms with Crippen molar-refractivity contribution in [1.82, 2.24) is 5.32 Å². The van der Waals surface area contributed by atoms with Gasteiger partial charge < -0.3 is 29.6 Å². The predicted molar refractivity (Wildman–Crippen MR) is 136 cm³/mol. The number of methoxy groups -OCH3 is 1. The van der Waals surface area contributed by atoms with Crippen molar-refractivity contribution in [2.45, 2.75) is 25.5 Å². The number of hydrogen-bond acceptors (Lipinski definition) is 8. The van der Waals surface area contributed by atoms with Crippen molar-refractivity contribution in [3.63, 3.8) is 0 Å². The van der Waals surface area contributed by atoms with Crippen molar-refractivity contribution < 1.29 is 38.1 Å². The van der Waals surface area contributed by atoms with Crippen LogP contribution in [-0.4, -0.2) is 50.3 Å². The fourth-order valence-corrected chi connectivity index (χ4v) is 3.02. The minimum Gasteiger partial charge on any atom is -0.497 e. The molecule has 0 bridgehead atoms. The highest BCUT2D eigenvalue weighted by atomic mass is 16.6. The van der Waals surface area contributed by atoms with Gasteiger partial charge in [0.25, 0.3) is 0 Å². The number of anilines is 1. The summed E-state index contributed by atoms with van der Waals surface area (Å²) in [7, 11) is 1.53. The maximum Gasteiger partial charge on any atom is 0.408 e. The van der Waals surface area contributed by atoms with Gasteiger partial charge in [0.2, 0.25) is 5.91 Å². The summed E-state index contributed by atoms with van der Waals surface area (Å²) in [4.78, 5) is 49.2. The lowest BCUT2D eigenvalue weighted by Gasteiger charge is -2.17. The number of ether oxygens (including phenoxy) is 4. The molecule has 0 saturated carbocycles. The van der Waals surface area contributed by atoms with Crippen LogP contribution in [0.1, 0.15) is 28.8 Å². The SMILES string of the molecule is C=CCOC(=O)N[C@@H](CCC(=O)Nc1ccccc1COC(=O)c1ccc(OC)cc1)C(=O)OCC=C. The van der Waals surface area contributed by atoms with Crippen molar-refractivity contribution in [1.29, 1.82) is 0 Å². The van der Waals surface area contributed by atoms with E-state index >= 15 is 0 Å². The summed E-state index contributed by atoms with van der Waals surface area (Å²) >= 11 is 0. The molecule has 0 aliphatic rings. The lowest BCUT2D eigenvalue weighted by molar-refractivity contribution is -0.145. The average molecular weight is 511 g/mol. The first kappa shape index (κ1) is 28.6. The molecule has 10 nitrogen and oxygen atoms in total. The van der Waals surface area contributed by atoms with Gasteiger partial charge in [0.15, 0.2) is 0 Å². The summed E-state index contributed by atoms with van der Waals surface area (Å²) < 4.78 is 20.3. The highest BCUT2D eigenvalue weighted by Crippen LogP contribution is 2.18. The number of carbonyl (C=O) groups excluding carboxylic acids is 4. The number of alkyl carbamates (subject to hydrolysis) is 1. The third-order valence-electron chi connectivity index (χ3n) is 4.89. The van der Waals surface area contributed by atoms with Crippen LogP contribution in [-0.2, 0) is 30.4 Å². The Labute approximate surface area is 215 Å². The molecule has 2 amide bonds. The summed E-state index contributed by atoms with van der Waals surface area (Å²) in [5.41, 5.74) is 1.38. The van der Waals surface area contributed by atoms with Crippen molar-refractivity contribution in [3.05, 3.63) is 85.0 Å². The Morgan fingerprint density at radius 1 is 0.919 bits per heavy atom. The molecule has 0 fully saturated rings. The summed E-state index contributed by atoms with van der Waals surface area (Å²) in [6.07, 6.45) is 1.76. The number of amides is 2. The van der Waals surface area contributed by atoms with Crippen LogP contribution in [0, 0.1) is 0 Å². The average Bonchev–Trinajstić information content (AvgIpc) is 2.92. The van der Waals surface area contributed by atoms with E-state index in [1.54, 1.807) is 48.5 Å². The van der Waals surface area contributed by atoms with Gasteiger partial charge in [0.05, 0.1) is 12.7 Å². The van der Waals surface area contributed by atoms with Gasteiger partial charge in [-0.25, -0.2) is 14.4 Å². The Balaban J connectivity index is 1.96. The predicted octanol–water partition coefficient (Wildman–Crippen LogP) is 3.78. The maximum atomic E-state index is 12.6. The number of rotatable bonds is 14. The van der Waals surface area contributed by atoms with Crippen LogP contribution >= 0.6 is 0 Å². The second-order valence-electron chi connectivity index (χ2n) is 7.55. The normalized spacial score (nSPS) is 10.8. The van der Waals surface area contributed by atoms with Crippen LogP contribution in [0.2, 0.25) is 0 Å². The Morgan fingerprint density at radius 2 is 1.59 bits per heavy atom. The second-order valence-corrected chi connectivity index (χ2v) is 7.55. The molecule has 0 aromatic heterocycles. The Bertz CT molecular complexity index is 1100. The molecule has 10 heteroatoms. The van der Waals surface area contributed by atoms with E-state index < -0.39 is 30.0 Å². The van der Waals surface area contributed by atoms with Crippen molar-refractivity contribution in [2.24, 2.45) is 0 Å². The van der Waals surface area contributed by atoms with Gasteiger partial charge in [-0.05, 0) is 36.8 Å². The molecule has 1 atom stereocenters. The van der Waals surface area contributed by atoms with Gasteiger partial charge in [-0.15, -0.1) is 0 Å². The summed E-state index contributed by atoms with van der Waals surface area (Å²) in [6, 6.07) is 12.2. The Morgan fingerprint density at radius 3 is 2.27 bits per heavy atom. The molecule has 2 rings (SSSR count). The molecule has 0 aliphatic carbocycles. The van der Waals surface area contributed by atoms with Gasteiger partial charge in [0, 0.05) is 17.7 Å². The quantitative estimate of drug-likeness (QED) is 0.223. The zero-order chi connectivity index (χ0) is 27.0. The molecule has 0 heterocycles. The Kier molecular flexibility index (Phi) is 11.9. The van der Waals surface area contributed by atoms with Crippen LogP contribution in [0.3, 0.4) is 0 Å². The minimum atomic E-state index is -1.11. The molecule has 2 aromatic rings. The van der Waals surface area contributed by atoms with Crippen molar-refractivity contribution in [3.8, 4) is 5.75 Å². The first-order valence-electron chi connectivity index (χ1n) is 11.4. The van der Waals surface area contributed by atoms with Crippen LogP contribution < -0.4 is 15.4 Å². The van der Waals surface area contributed by atoms with E-state index in [9.17, 15) is 19.2 Å². The molecule has 196 valence electrons. The number of para-hydroxylation sites is 1. The van der Waals surface area contributed by atoms with E-state index in [4.69, 9.17) is 18.9 Å². The highest BCUT2D eigenvalue weighted by Gasteiger charge is 2.24. The van der Waals surface area contributed by atoms with Crippen LogP contribution in [0.25, 0.3) is 0 Å². The molecule has 0 spiro atoms. The standard InChI is InChI=1S/C27H30N2O8/c1-4-16-35-26(32)23(29-27(33)36-17-5-2)14-15-24(30)28-22-9-7-6-8-20(22)18-37-25(31)19-10-12-21(34-3)13-11-19/h4-13,23H,1-2,14-18H2,3H3,(H,28,30)(H,29,33)/t23-/m0/s1. The largest absolute Gasteiger partial charge is 0.497 e. The van der Waals surface area contributed by atoms with E-state index in [2.05, 4.69) is 23.8 Å². The lowest BCUT2D eigenvalue weighted by Crippen LogP contribution is -2.42. The first-order chi connectivity index (χ1) is 17.9. The molecule has 2 N–H and O–H groups in total. The molecule has 0 radical (unpaired) electrons. The molecular formula is C27H30N2O8. The zero-order valence-corrected chi connectivity index (χ0v) is 20.6. The van der Waals surface area contributed by atoms with Gasteiger partial charge in [-0.2, -0.15) is 0 Å². The first-order valence-corrected chi connectivity index (χ1v) is 11.4. The van der Waals surface area contributed by atoms with Gasteiger partial charge in [-0.1, -0.05) is 43.5 Å². The smallest absolute Gasteiger partial charge is 0.408 e. The number of benzene rings is 2. The molecule has 0 aliphatic heterocycles. The van der Waals surface area contributed by atoms with E-state index in [1.165, 1.54) is 19.3 Å². The van der Waals surface area contributed by atoms with E-state index in [0.29, 0.717) is 22.6 Å². The molecule has 0 saturated heterocycles. The fourth-order valence-electron chi connectivity index (χ4n) is 3.02. The van der Waals surface area contributed by atoms with Crippen LogP contribution in [0.4, 0.5) is 10.5 Å². The van der Waals surface area contributed by atoms with Gasteiger partial charge >= 0.3 is 18.0 Å².